The van der Waals surface area contributed by atoms with E-state index in [1.165, 1.54) is 0 Å². The highest BCUT2D eigenvalue weighted by atomic mass is 16.6. The maximum atomic E-state index is 11.9. The lowest BCUT2D eigenvalue weighted by atomic mass is 9.88. The Balaban J connectivity index is 2.64. The minimum atomic E-state index is -0.684. The molecule has 100 valence electrons. The molecule has 1 heterocycles. The van der Waals surface area contributed by atoms with Crippen LogP contribution in [0.25, 0.3) is 0 Å². The number of carbonyl (C=O) groups is 1. The predicted octanol–water partition coefficient (Wildman–Crippen LogP) is 2.40. The van der Waals surface area contributed by atoms with Gasteiger partial charge in [-0.05, 0) is 40.5 Å². The second-order valence-electron chi connectivity index (χ2n) is 6.29. The van der Waals surface area contributed by atoms with Gasteiger partial charge in [0.1, 0.15) is 5.60 Å². The monoisotopic (exact) mass is 243 g/mol. The molecule has 4 heteroatoms. The Morgan fingerprint density at radius 1 is 1.47 bits per heavy atom. The second-order valence-corrected chi connectivity index (χ2v) is 6.29. The van der Waals surface area contributed by atoms with Gasteiger partial charge in [0, 0.05) is 19.0 Å². The molecule has 0 aromatic carbocycles. The fraction of sp³-hybridized carbons (Fsp3) is 0.923. The average molecular weight is 243 g/mol. The Morgan fingerprint density at radius 2 is 2.06 bits per heavy atom. The zero-order valence-electron chi connectivity index (χ0n) is 11.6. The third kappa shape index (κ3) is 4.19. The molecular formula is C13H25NO3. The summed E-state index contributed by atoms with van der Waals surface area (Å²) < 4.78 is 5.35. The van der Waals surface area contributed by atoms with Gasteiger partial charge in [-0.1, -0.05) is 6.92 Å². The summed E-state index contributed by atoms with van der Waals surface area (Å²) in [6.07, 6.45) is 1.27. The van der Waals surface area contributed by atoms with Crippen molar-refractivity contribution in [1.82, 2.24) is 4.90 Å². The van der Waals surface area contributed by atoms with Crippen LogP contribution in [0, 0.1) is 5.92 Å². The highest BCUT2D eigenvalue weighted by Crippen LogP contribution is 2.27. The first kappa shape index (κ1) is 14.3. The van der Waals surface area contributed by atoms with Gasteiger partial charge in [0.25, 0.3) is 0 Å². The number of hydrogen-bond acceptors (Lipinski definition) is 3. The van der Waals surface area contributed by atoms with Gasteiger partial charge in [0.15, 0.2) is 0 Å². The van der Waals surface area contributed by atoms with Crippen LogP contribution in [0.5, 0.6) is 0 Å². The molecule has 1 rings (SSSR count). The molecule has 1 N–H and O–H groups in total. The number of nitrogens with zero attached hydrogens (tertiary/aromatic N) is 1. The van der Waals surface area contributed by atoms with Crippen LogP contribution in [0.15, 0.2) is 0 Å². The van der Waals surface area contributed by atoms with Crippen molar-refractivity contribution in [3.05, 3.63) is 0 Å². The van der Waals surface area contributed by atoms with Crippen molar-refractivity contribution in [2.24, 2.45) is 5.92 Å². The Morgan fingerprint density at radius 3 is 2.59 bits per heavy atom. The van der Waals surface area contributed by atoms with Gasteiger partial charge in [-0.15, -0.1) is 0 Å². The number of aliphatic hydroxyl groups is 1. The maximum absolute atomic E-state index is 11.9. The van der Waals surface area contributed by atoms with Crippen molar-refractivity contribution in [3.8, 4) is 0 Å². The Labute approximate surface area is 104 Å². The molecule has 2 atom stereocenters. The fourth-order valence-corrected chi connectivity index (χ4v) is 1.99. The van der Waals surface area contributed by atoms with Crippen molar-refractivity contribution < 1.29 is 14.6 Å². The molecule has 4 nitrogen and oxygen atoms in total. The van der Waals surface area contributed by atoms with E-state index in [1.807, 2.05) is 34.6 Å². The Kier molecular flexibility index (Phi) is 4.07. The van der Waals surface area contributed by atoms with Gasteiger partial charge in [-0.3, -0.25) is 0 Å². The molecule has 1 aliphatic heterocycles. The number of carbonyl (C=O) groups excluding carboxylic acids is 1. The van der Waals surface area contributed by atoms with Gasteiger partial charge in [0.05, 0.1) is 5.60 Å². The van der Waals surface area contributed by atoms with Crippen molar-refractivity contribution in [2.45, 2.75) is 58.7 Å². The van der Waals surface area contributed by atoms with Gasteiger partial charge in [-0.25, -0.2) is 4.79 Å². The van der Waals surface area contributed by atoms with E-state index in [2.05, 4.69) is 0 Å². The largest absolute Gasteiger partial charge is 0.444 e. The van der Waals surface area contributed by atoms with Crippen molar-refractivity contribution >= 4 is 6.09 Å². The molecule has 0 aliphatic carbocycles. The molecule has 0 aromatic rings. The molecule has 0 spiro atoms. The van der Waals surface area contributed by atoms with Crippen LogP contribution in [-0.2, 0) is 4.74 Å². The number of amides is 1. The lowest BCUT2D eigenvalue weighted by Crippen LogP contribution is -2.42. The van der Waals surface area contributed by atoms with Gasteiger partial charge >= 0.3 is 6.09 Å². The number of likely N-dealkylation sites (tertiary alicyclic amines) is 1. The van der Waals surface area contributed by atoms with Crippen LogP contribution >= 0.6 is 0 Å². The van der Waals surface area contributed by atoms with Crippen molar-refractivity contribution in [3.63, 3.8) is 0 Å². The summed E-state index contributed by atoms with van der Waals surface area (Å²) in [5.74, 6) is 0.0671. The molecule has 0 unspecified atom stereocenters. The molecule has 0 radical (unpaired) electrons. The normalized spacial score (nSPS) is 30.9. The highest BCUT2D eigenvalue weighted by Gasteiger charge is 2.34. The molecule has 17 heavy (non-hydrogen) atoms. The summed E-state index contributed by atoms with van der Waals surface area (Å²) in [6.45, 7) is 10.6. The zero-order valence-corrected chi connectivity index (χ0v) is 11.6. The molecule has 1 saturated heterocycles. The second kappa shape index (κ2) is 4.84. The van der Waals surface area contributed by atoms with Crippen LogP contribution in [0.2, 0.25) is 0 Å². The average Bonchev–Trinajstić information content (AvgIpc) is 2.24. The summed E-state index contributed by atoms with van der Waals surface area (Å²) in [6, 6.07) is 0. The smallest absolute Gasteiger partial charge is 0.410 e. The maximum Gasteiger partial charge on any atom is 0.410 e. The molecule has 0 saturated carbocycles. The molecular weight excluding hydrogens is 218 g/mol. The van der Waals surface area contributed by atoms with Crippen LogP contribution in [-0.4, -0.2) is 40.4 Å². The van der Waals surface area contributed by atoms with Gasteiger partial charge in [0.2, 0.25) is 0 Å². The fourth-order valence-electron chi connectivity index (χ4n) is 1.99. The lowest BCUT2D eigenvalue weighted by molar-refractivity contribution is -0.00677. The molecule has 1 fully saturated rings. The SMILES string of the molecule is C[C@H]1CN(C(=O)OC(C)(C)C)CCC[C@@]1(C)O. The third-order valence-electron chi connectivity index (χ3n) is 3.32. The quantitative estimate of drug-likeness (QED) is 0.710. The third-order valence-corrected chi connectivity index (χ3v) is 3.32. The Hall–Kier alpha value is -0.770. The van der Waals surface area contributed by atoms with E-state index in [4.69, 9.17) is 4.74 Å². The first-order valence-electron chi connectivity index (χ1n) is 6.32. The predicted molar refractivity (Wildman–Crippen MR) is 66.8 cm³/mol. The summed E-state index contributed by atoms with van der Waals surface area (Å²) >= 11 is 0. The first-order valence-corrected chi connectivity index (χ1v) is 6.32. The lowest BCUT2D eigenvalue weighted by Gasteiger charge is -2.31. The van der Waals surface area contributed by atoms with Gasteiger partial charge in [-0.2, -0.15) is 0 Å². The Bertz CT molecular complexity index is 281. The van der Waals surface area contributed by atoms with Crippen LogP contribution in [0.1, 0.15) is 47.5 Å². The summed E-state index contributed by atoms with van der Waals surface area (Å²) in [4.78, 5) is 13.7. The highest BCUT2D eigenvalue weighted by molar-refractivity contribution is 5.68. The number of hydrogen-bond donors (Lipinski definition) is 1. The van der Waals surface area contributed by atoms with E-state index >= 15 is 0 Å². The van der Waals surface area contributed by atoms with Gasteiger partial charge < -0.3 is 14.7 Å². The van der Waals surface area contributed by atoms with E-state index in [1.54, 1.807) is 4.90 Å². The molecule has 0 aromatic heterocycles. The number of ether oxygens (including phenoxy) is 1. The summed E-state index contributed by atoms with van der Waals surface area (Å²) in [5, 5.41) is 10.2. The summed E-state index contributed by atoms with van der Waals surface area (Å²) in [5.41, 5.74) is -1.15. The molecule has 1 amide bonds. The minimum absolute atomic E-state index is 0.0671. The number of rotatable bonds is 0. The minimum Gasteiger partial charge on any atom is -0.444 e. The van der Waals surface area contributed by atoms with Crippen LogP contribution in [0.3, 0.4) is 0 Å². The molecule has 0 bridgehead atoms. The topological polar surface area (TPSA) is 49.8 Å². The van der Waals surface area contributed by atoms with Crippen LogP contribution in [0.4, 0.5) is 4.79 Å². The zero-order chi connectivity index (χ0) is 13.3. The standard InChI is InChI=1S/C13H25NO3/c1-10-9-14(8-6-7-13(10,5)16)11(15)17-12(2,3)4/h10,16H,6-9H2,1-5H3/t10-,13+/m0/s1. The van der Waals surface area contributed by atoms with E-state index in [-0.39, 0.29) is 12.0 Å². The van der Waals surface area contributed by atoms with Crippen molar-refractivity contribution in [2.75, 3.05) is 13.1 Å². The summed E-state index contributed by atoms with van der Waals surface area (Å²) in [7, 11) is 0. The molecule has 1 aliphatic rings. The van der Waals surface area contributed by atoms with E-state index in [0.717, 1.165) is 12.8 Å². The van der Waals surface area contributed by atoms with E-state index < -0.39 is 11.2 Å². The van der Waals surface area contributed by atoms with Crippen LogP contribution < -0.4 is 0 Å². The van der Waals surface area contributed by atoms with E-state index in [9.17, 15) is 9.90 Å². The van der Waals surface area contributed by atoms with Crippen molar-refractivity contribution in [1.29, 1.82) is 0 Å². The first-order chi connectivity index (χ1) is 7.62. The van der Waals surface area contributed by atoms with E-state index in [0.29, 0.717) is 13.1 Å².